The van der Waals surface area contributed by atoms with Gasteiger partial charge in [-0.25, -0.2) is 4.98 Å². The summed E-state index contributed by atoms with van der Waals surface area (Å²) in [5.41, 5.74) is 1.21. The summed E-state index contributed by atoms with van der Waals surface area (Å²) in [7, 11) is 1.70. The van der Waals surface area contributed by atoms with Crippen molar-refractivity contribution in [3.8, 4) is 0 Å². The van der Waals surface area contributed by atoms with Crippen LogP contribution in [0.5, 0.6) is 0 Å². The molecular formula is C20H31N3O3S. The Kier molecular flexibility index (Phi) is 7.41. The van der Waals surface area contributed by atoms with E-state index in [0.29, 0.717) is 25.5 Å². The number of hydrogen-bond acceptors (Lipinski definition) is 6. The number of H-pyrrole nitrogens is 1. The Labute approximate surface area is 164 Å². The van der Waals surface area contributed by atoms with E-state index < -0.39 is 0 Å². The largest absolute Gasteiger partial charge is 0.392 e. The van der Waals surface area contributed by atoms with Gasteiger partial charge in [0.05, 0.1) is 18.0 Å². The summed E-state index contributed by atoms with van der Waals surface area (Å²) in [6.07, 6.45) is 6.67. The van der Waals surface area contributed by atoms with Crippen molar-refractivity contribution in [2.45, 2.75) is 64.5 Å². The van der Waals surface area contributed by atoms with Gasteiger partial charge in [-0.1, -0.05) is 13.3 Å². The predicted octanol–water partition coefficient (Wildman–Crippen LogP) is 2.86. The molecule has 1 aliphatic rings. The molecule has 2 aromatic heterocycles. The first-order chi connectivity index (χ1) is 13.1. The number of nitrogens with zero attached hydrogens (tertiary/aromatic N) is 2. The molecule has 0 saturated carbocycles. The van der Waals surface area contributed by atoms with Crippen LogP contribution in [-0.4, -0.2) is 52.9 Å². The number of aliphatic hydroxyl groups excluding tert-OH is 1. The Morgan fingerprint density at radius 3 is 2.96 bits per heavy atom. The van der Waals surface area contributed by atoms with Gasteiger partial charge in [-0.15, -0.1) is 11.3 Å². The maximum absolute atomic E-state index is 12.7. The van der Waals surface area contributed by atoms with E-state index in [2.05, 4.69) is 16.8 Å². The van der Waals surface area contributed by atoms with Crippen LogP contribution < -0.4 is 5.56 Å². The fraction of sp³-hybridized carbons (Fsp3) is 0.700. The lowest BCUT2D eigenvalue weighted by atomic mass is 9.97. The third-order valence-electron chi connectivity index (χ3n) is 5.16. The minimum atomic E-state index is -0.359. The van der Waals surface area contributed by atoms with Gasteiger partial charge < -0.3 is 14.8 Å². The number of thiophene rings is 1. The monoisotopic (exact) mass is 393 g/mol. The van der Waals surface area contributed by atoms with Gasteiger partial charge >= 0.3 is 0 Å². The van der Waals surface area contributed by atoms with Crippen LogP contribution in [0.3, 0.4) is 0 Å². The summed E-state index contributed by atoms with van der Waals surface area (Å²) in [5.74, 6) is 0.687. The fourth-order valence-corrected chi connectivity index (χ4v) is 5.17. The van der Waals surface area contributed by atoms with Crippen molar-refractivity contribution in [1.29, 1.82) is 0 Å². The van der Waals surface area contributed by atoms with Gasteiger partial charge in [-0.2, -0.15) is 0 Å². The van der Waals surface area contributed by atoms with Crippen LogP contribution in [0.25, 0.3) is 10.2 Å². The summed E-state index contributed by atoms with van der Waals surface area (Å²) in [6, 6.07) is 0. The topological polar surface area (TPSA) is 78.5 Å². The Balaban J connectivity index is 1.79. The third kappa shape index (κ3) is 5.16. The Hall–Kier alpha value is -1.28. The zero-order chi connectivity index (χ0) is 19.2. The van der Waals surface area contributed by atoms with E-state index in [1.165, 1.54) is 16.9 Å². The van der Waals surface area contributed by atoms with E-state index >= 15 is 0 Å². The van der Waals surface area contributed by atoms with Crippen molar-refractivity contribution in [3.63, 3.8) is 0 Å². The first-order valence-electron chi connectivity index (χ1n) is 10.0. The number of nitrogens with one attached hydrogen (secondary N) is 1. The first kappa shape index (κ1) is 20.5. The Morgan fingerprint density at radius 2 is 2.19 bits per heavy atom. The molecule has 0 saturated heterocycles. The molecule has 2 N–H and O–H groups in total. The highest BCUT2D eigenvalue weighted by Gasteiger charge is 2.20. The standard InChI is InChI=1S/C20H31N3O3S/c1-3-7-14(24)12-23(10-6-11-26-2)13-17-21-19(25)18-15-8-4-5-9-16(15)27-20(18)22-17/h14,24H,3-13H2,1-2H3,(H,21,22,25)/t14-/m1/s1. The van der Waals surface area contributed by atoms with Crippen LogP contribution >= 0.6 is 11.3 Å². The summed E-state index contributed by atoms with van der Waals surface area (Å²) in [6.45, 7) is 4.68. The summed E-state index contributed by atoms with van der Waals surface area (Å²) >= 11 is 1.68. The van der Waals surface area contributed by atoms with Crippen molar-refractivity contribution in [2.24, 2.45) is 0 Å². The summed E-state index contributed by atoms with van der Waals surface area (Å²) in [4.78, 5) is 24.9. The zero-order valence-corrected chi connectivity index (χ0v) is 17.2. The van der Waals surface area contributed by atoms with E-state index in [4.69, 9.17) is 9.72 Å². The van der Waals surface area contributed by atoms with Gasteiger partial charge in [-0.05, 0) is 44.1 Å². The number of methoxy groups -OCH3 is 1. The highest BCUT2D eigenvalue weighted by molar-refractivity contribution is 7.18. The number of aromatic nitrogens is 2. The van der Waals surface area contributed by atoms with E-state index in [-0.39, 0.29) is 11.7 Å². The van der Waals surface area contributed by atoms with Crippen LogP contribution in [-0.2, 0) is 24.1 Å². The van der Waals surface area contributed by atoms with E-state index in [1.54, 1.807) is 18.4 Å². The number of rotatable bonds is 10. The van der Waals surface area contributed by atoms with Gasteiger partial charge in [0.2, 0.25) is 0 Å². The molecule has 3 rings (SSSR count). The number of aryl methyl sites for hydroxylation is 2. The van der Waals surface area contributed by atoms with Crippen molar-refractivity contribution in [1.82, 2.24) is 14.9 Å². The van der Waals surface area contributed by atoms with Crippen molar-refractivity contribution < 1.29 is 9.84 Å². The number of aliphatic hydroxyl groups is 1. The molecule has 0 fully saturated rings. The zero-order valence-electron chi connectivity index (χ0n) is 16.4. The maximum atomic E-state index is 12.7. The Morgan fingerprint density at radius 1 is 1.37 bits per heavy atom. The number of aromatic amines is 1. The second kappa shape index (κ2) is 9.78. The molecule has 1 atom stereocenters. The maximum Gasteiger partial charge on any atom is 0.259 e. The molecule has 0 aromatic carbocycles. The van der Waals surface area contributed by atoms with Gasteiger partial charge in [0, 0.05) is 31.7 Å². The van der Waals surface area contributed by atoms with Crippen LogP contribution in [0.2, 0.25) is 0 Å². The van der Waals surface area contributed by atoms with Gasteiger partial charge in [0.15, 0.2) is 0 Å². The van der Waals surface area contributed by atoms with Crippen LogP contribution in [0.15, 0.2) is 4.79 Å². The van der Waals surface area contributed by atoms with Gasteiger partial charge in [0.25, 0.3) is 5.56 Å². The normalized spacial score (nSPS) is 15.4. The number of hydrogen-bond donors (Lipinski definition) is 2. The third-order valence-corrected chi connectivity index (χ3v) is 6.35. The molecule has 2 aromatic rings. The summed E-state index contributed by atoms with van der Waals surface area (Å²) in [5, 5.41) is 11.0. The molecule has 7 heteroatoms. The summed E-state index contributed by atoms with van der Waals surface area (Å²) < 4.78 is 5.16. The predicted molar refractivity (Wildman–Crippen MR) is 110 cm³/mol. The molecule has 6 nitrogen and oxygen atoms in total. The first-order valence-corrected chi connectivity index (χ1v) is 10.9. The lowest BCUT2D eigenvalue weighted by Crippen LogP contribution is -2.34. The van der Waals surface area contributed by atoms with Crippen LogP contribution in [0, 0.1) is 0 Å². The molecule has 2 heterocycles. The average Bonchev–Trinajstić information content (AvgIpc) is 3.00. The number of fused-ring (bicyclic) bond motifs is 3. The molecule has 0 spiro atoms. The minimum Gasteiger partial charge on any atom is -0.392 e. The van der Waals surface area contributed by atoms with E-state index in [1.807, 2.05) is 0 Å². The quantitative estimate of drug-likeness (QED) is 0.607. The average molecular weight is 394 g/mol. The highest BCUT2D eigenvalue weighted by Crippen LogP contribution is 2.33. The molecular weight excluding hydrogens is 362 g/mol. The SMILES string of the molecule is CCC[C@@H](O)CN(CCCOC)Cc1nc2sc3c(c2c(=O)[nH]1)CCCC3. The van der Waals surface area contributed by atoms with Gasteiger partial charge in [-0.3, -0.25) is 9.69 Å². The smallest absolute Gasteiger partial charge is 0.259 e. The van der Waals surface area contributed by atoms with Crippen LogP contribution in [0.4, 0.5) is 0 Å². The minimum absolute atomic E-state index is 0.0136. The number of ether oxygens (including phenoxy) is 1. The molecule has 150 valence electrons. The molecule has 27 heavy (non-hydrogen) atoms. The lowest BCUT2D eigenvalue weighted by Gasteiger charge is -2.24. The molecule has 1 aliphatic carbocycles. The lowest BCUT2D eigenvalue weighted by molar-refractivity contribution is 0.0917. The molecule has 0 aliphatic heterocycles. The molecule has 0 unspecified atom stereocenters. The second-order valence-electron chi connectivity index (χ2n) is 7.43. The van der Waals surface area contributed by atoms with E-state index in [9.17, 15) is 9.90 Å². The molecule has 0 bridgehead atoms. The van der Waals surface area contributed by atoms with Gasteiger partial charge in [0.1, 0.15) is 10.7 Å². The second-order valence-corrected chi connectivity index (χ2v) is 8.51. The highest BCUT2D eigenvalue weighted by atomic mass is 32.1. The van der Waals surface area contributed by atoms with Crippen molar-refractivity contribution in [2.75, 3.05) is 26.8 Å². The molecule has 0 radical (unpaired) electrons. The Bertz CT molecular complexity index is 802. The van der Waals surface area contributed by atoms with Crippen molar-refractivity contribution >= 4 is 21.6 Å². The van der Waals surface area contributed by atoms with Crippen LogP contribution in [0.1, 0.15) is 55.3 Å². The van der Waals surface area contributed by atoms with E-state index in [0.717, 1.165) is 55.3 Å². The fourth-order valence-electron chi connectivity index (χ4n) is 3.89. The molecule has 0 amide bonds. The van der Waals surface area contributed by atoms with Crippen molar-refractivity contribution in [3.05, 3.63) is 26.6 Å².